The van der Waals surface area contributed by atoms with Crippen LogP contribution < -0.4 is 20.3 Å². The van der Waals surface area contributed by atoms with E-state index in [0.29, 0.717) is 28.9 Å². The molecule has 1 aliphatic heterocycles. The predicted octanol–water partition coefficient (Wildman–Crippen LogP) is 6.17. The van der Waals surface area contributed by atoms with Gasteiger partial charge in [0, 0.05) is 48.3 Å². The lowest BCUT2D eigenvalue weighted by atomic mass is 9.92. The van der Waals surface area contributed by atoms with Gasteiger partial charge in [-0.1, -0.05) is 31.2 Å². The van der Waals surface area contributed by atoms with Crippen molar-refractivity contribution in [2.24, 2.45) is 0 Å². The van der Waals surface area contributed by atoms with Crippen LogP contribution in [0.4, 0.5) is 33.7 Å². The Balaban J connectivity index is 0.00000541. The Morgan fingerprint density at radius 3 is 2.47 bits per heavy atom. The van der Waals surface area contributed by atoms with Crippen molar-refractivity contribution >= 4 is 52.5 Å². The van der Waals surface area contributed by atoms with Crippen LogP contribution in [0.2, 0.25) is 0 Å². The number of piperazine rings is 1. The average molecular weight is 705 g/mol. The van der Waals surface area contributed by atoms with Gasteiger partial charge in [-0.15, -0.1) is 25.6 Å². The highest BCUT2D eigenvalue weighted by Crippen LogP contribution is 2.33. The number of nitrogens with zero attached hydrogens (tertiary/aromatic N) is 3. The summed E-state index contributed by atoms with van der Waals surface area (Å²) < 4.78 is 57.8. The van der Waals surface area contributed by atoms with Crippen LogP contribution in [0.25, 0.3) is 10.9 Å². The Morgan fingerprint density at radius 1 is 1.06 bits per heavy atom. The van der Waals surface area contributed by atoms with E-state index in [1.807, 2.05) is 29.2 Å². The Hall–Kier alpha value is -4.82. The molecule has 0 spiro atoms. The van der Waals surface area contributed by atoms with Crippen molar-refractivity contribution in [2.75, 3.05) is 43.9 Å². The summed E-state index contributed by atoms with van der Waals surface area (Å²) in [5, 5.41) is 6.10. The second kappa shape index (κ2) is 15.2. The molecule has 3 aromatic carbocycles. The lowest BCUT2D eigenvalue weighted by Gasteiger charge is -2.36. The van der Waals surface area contributed by atoms with Gasteiger partial charge in [-0.2, -0.15) is 0 Å². The molecule has 0 bridgehead atoms. The maximum absolute atomic E-state index is 14.0. The fourth-order valence-corrected chi connectivity index (χ4v) is 5.88. The van der Waals surface area contributed by atoms with Crippen LogP contribution in [0.3, 0.4) is 0 Å². The first kappa shape index (κ1) is 37.0. The second-order valence-electron chi connectivity index (χ2n) is 12.0. The average Bonchev–Trinajstić information content (AvgIpc) is 3.44. The van der Waals surface area contributed by atoms with E-state index in [4.69, 9.17) is 0 Å². The third kappa shape index (κ3) is 8.81. The number of rotatable bonds is 9. The number of halogens is 5. The zero-order chi connectivity index (χ0) is 34.7. The molecular weight excluding hydrogens is 668 g/mol. The third-order valence-corrected chi connectivity index (χ3v) is 8.16. The van der Waals surface area contributed by atoms with Gasteiger partial charge < -0.3 is 35.1 Å². The molecule has 15 heteroatoms. The monoisotopic (exact) mass is 704 g/mol. The predicted molar refractivity (Wildman–Crippen MR) is 180 cm³/mol. The van der Waals surface area contributed by atoms with Gasteiger partial charge in [0.15, 0.2) is 5.75 Å². The summed E-state index contributed by atoms with van der Waals surface area (Å²) in [7, 11) is 3.58. The van der Waals surface area contributed by atoms with Gasteiger partial charge in [-0.3, -0.25) is 9.59 Å². The number of H-pyrrole nitrogens is 1. The van der Waals surface area contributed by atoms with Gasteiger partial charge in [0.05, 0.1) is 5.69 Å². The zero-order valence-electron chi connectivity index (χ0n) is 27.2. The van der Waals surface area contributed by atoms with E-state index >= 15 is 0 Å². The molecule has 1 fully saturated rings. The van der Waals surface area contributed by atoms with Crippen LogP contribution in [0.15, 0.2) is 66.9 Å². The Bertz CT molecular complexity index is 1830. The Kier molecular flexibility index (Phi) is 11.5. The molecule has 1 aromatic heterocycles. The largest absolute Gasteiger partial charge is 0.573 e. The SMILES string of the molecule is Cc1cc(F)ccc1N1CCN(C(=O)N[C@@H](C(=O)Nc2cc(CN(C)C)ccc2OC(F)(F)F)[C@@H](C)c2c[nH]c3ccccc23)CC1=O.Cl. The van der Waals surface area contributed by atoms with Crippen molar-refractivity contribution in [1.82, 2.24) is 20.1 Å². The summed E-state index contributed by atoms with van der Waals surface area (Å²) in [4.78, 5) is 48.5. The summed E-state index contributed by atoms with van der Waals surface area (Å²) in [5.41, 5.74) is 2.96. The second-order valence-corrected chi connectivity index (χ2v) is 12.0. The Labute approximate surface area is 286 Å². The first-order valence-corrected chi connectivity index (χ1v) is 15.2. The highest BCUT2D eigenvalue weighted by molar-refractivity contribution is 6.01. The van der Waals surface area contributed by atoms with Gasteiger partial charge in [0.2, 0.25) is 11.8 Å². The van der Waals surface area contributed by atoms with E-state index in [2.05, 4.69) is 20.4 Å². The number of urea groups is 1. The molecule has 4 aromatic rings. The van der Waals surface area contributed by atoms with E-state index in [1.165, 1.54) is 40.1 Å². The van der Waals surface area contributed by atoms with Crippen LogP contribution >= 0.6 is 12.4 Å². The molecule has 0 unspecified atom stereocenters. The van der Waals surface area contributed by atoms with Crippen LogP contribution in [-0.4, -0.2) is 78.8 Å². The number of aromatic amines is 1. The van der Waals surface area contributed by atoms with Crippen LogP contribution in [0.1, 0.15) is 29.5 Å². The minimum atomic E-state index is -5.02. The fourth-order valence-electron chi connectivity index (χ4n) is 5.88. The normalized spacial score (nSPS) is 14.8. The maximum Gasteiger partial charge on any atom is 0.573 e. The molecule has 3 N–H and O–H groups in total. The minimum absolute atomic E-state index is 0. The molecule has 0 saturated carbocycles. The number of amides is 4. The smallest absolute Gasteiger partial charge is 0.404 e. The fraction of sp³-hybridized carbons (Fsp3) is 0.324. The molecule has 49 heavy (non-hydrogen) atoms. The molecule has 2 atom stereocenters. The first-order chi connectivity index (χ1) is 22.7. The van der Waals surface area contributed by atoms with Gasteiger partial charge in [-0.05, 0) is 74.1 Å². The highest BCUT2D eigenvalue weighted by Gasteiger charge is 2.36. The number of hydrogen-bond donors (Lipinski definition) is 3. The number of ether oxygens (including phenoxy) is 1. The molecule has 0 radical (unpaired) electrons. The first-order valence-electron chi connectivity index (χ1n) is 15.2. The molecule has 4 amide bonds. The third-order valence-electron chi connectivity index (χ3n) is 8.16. The molecule has 5 rings (SSSR count). The number of nitrogens with one attached hydrogen (secondary N) is 3. The molecule has 0 aliphatic carbocycles. The van der Waals surface area contributed by atoms with E-state index in [0.717, 1.165) is 17.0 Å². The molecule has 262 valence electrons. The van der Waals surface area contributed by atoms with Gasteiger partial charge in [0.1, 0.15) is 18.4 Å². The van der Waals surface area contributed by atoms with Crippen molar-refractivity contribution < 1.29 is 36.7 Å². The van der Waals surface area contributed by atoms with Crippen molar-refractivity contribution in [1.29, 1.82) is 0 Å². The zero-order valence-corrected chi connectivity index (χ0v) is 28.0. The van der Waals surface area contributed by atoms with Crippen molar-refractivity contribution in [2.45, 2.75) is 38.7 Å². The van der Waals surface area contributed by atoms with Crippen molar-refractivity contribution in [3.05, 3.63) is 89.4 Å². The molecule has 1 aliphatic rings. The number of alkyl halides is 3. The summed E-state index contributed by atoms with van der Waals surface area (Å²) in [6, 6.07) is 13.4. The Morgan fingerprint density at radius 2 is 1.80 bits per heavy atom. The lowest BCUT2D eigenvalue weighted by molar-refractivity contribution is -0.274. The minimum Gasteiger partial charge on any atom is -0.404 e. The van der Waals surface area contributed by atoms with E-state index in [1.54, 1.807) is 34.1 Å². The number of carbonyl (C=O) groups is 3. The van der Waals surface area contributed by atoms with E-state index in [-0.39, 0.29) is 37.7 Å². The molecule has 2 heterocycles. The number of benzene rings is 3. The molecule has 10 nitrogen and oxygen atoms in total. The van der Waals surface area contributed by atoms with E-state index < -0.39 is 47.7 Å². The van der Waals surface area contributed by atoms with Gasteiger partial charge >= 0.3 is 12.4 Å². The number of carbonyl (C=O) groups excluding carboxylic acids is 3. The van der Waals surface area contributed by atoms with Crippen LogP contribution in [0, 0.1) is 12.7 Å². The van der Waals surface area contributed by atoms with Crippen LogP contribution in [-0.2, 0) is 16.1 Å². The number of hydrogen-bond acceptors (Lipinski definition) is 5. The topological polar surface area (TPSA) is 110 Å². The van der Waals surface area contributed by atoms with Crippen molar-refractivity contribution in [3.63, 3.8) is 0 Å². The number of fused-ring (bicyclic) bond motifs is 1. The highest BCUT2D eigenvalue weighted by atomic mass is 35.5. The summed E-state index contributed by atoms with van der Waals surface area (Å²) >= 11 is 0. The summed E-state index contributed by atoms with van der Waals surface area (Å²) in [6.07, 6.45) is -3.31. The van der Waals surface area contributed by atoms with Gasteiger partial charge in [-0.25, -0.2) is 9.18 Å². The quantitative estimate of drug-likeness (QED) is 0.181. The molecular formula is C34H37ClF4N6O4. The standard InChI is InChI=1S/C34H36F4N6O4.ClH/c1-20-15-23(35)10-11-28(20)44-14-13-43(19-30(44)45)33(47)41-31(21(2)25-17-39-26-8-6-5-7-24(25)26)32(46)40-27-16-22(18-42(3)4)9-12-29(27)48-34(36,37)38;/h5-12,15-17,21,31,39H,13-14,18-19H2,1-4H3,(H,40,46)(H,41,47);1H/t21-,31+;/m0./s1. The van der Waals surface area contributed by atoms with Gasteiger partial charge in [0.25, 0.3) is 0 Å². The summed E-state index contributed by atoms with van der Waals surface area (Å²) in [6.45, 7) is 3.70. The van der Waals surface area contributed by atoms with Crippen molar-refractivity contribution in [3.8, 4) is 5.75 Å². The number of anilines is 2. The van der Waals surface area contributed by atoms with E-state index in [9.17, 15) is 31.9 Å². The molecule has 1 saturated heterocycles. The number of aryl methyl sites for hydroxylation is 1. The van der Waals surface area contributed by atoms with Crippen LogP contribution in [0.5, 0.6) is 5.75 Å². The maximum atomic E-state index is 14.0. The lowest BCUT2D eigenvalue weighted by Crippen LogP contribution is -2.58. The summed E-state index contributed by atoms with van der Waals surface area (Å²) in [5.74, 6) is -2.91. The number of aromatic nitrogens is 1. The number of para-hydroxylation sites is 1.